The second-order valence-electron chi connectivity index (χ2n) is 3.50. The summed E-state index contributed by atoms with van der Waals surface area (Å²) in [5.74, 6) is -0.318. The Morgan fingerprint density at radius 1 is 1.53 bits per heavy atom. The van der Waals surface area contributed by atoms with Crippen LogP contribution in [0.5, 0.6) is 0 Å². The SMILES string of the molecule is CCOC(=O)c1ccc(CBr)cc1CCC#N. The van der Waals surface area contributed by atoms with Gasteiger partial charge in [-0.05, 0) is 30.5 Å². The lowest BCUT2D eigenvalue weighted by atomic mass is 10.0. The first-order valence-corrected chi connectivity index (χ1v) is 6.57. The first-order valence-electron chi connectivity index (χ1n) is 5.44. The molecule has 0 aromatic heterocycles. The quantitative estimate of drug-likeness (QED) is 0.619. The van der Waals surface area contributed by atoms with Crippen LogP contribution in [0, 0.1) is 11.3 Å². The molecule has 0 N–H and O–H groups in total. The molecule has 0 aliphatic rings. The van der Waals surface area contributed by atoms with Crippen molar-refractivity contribution in [3.63, 3.8) is 0 Å². The van der Waals surface area contributed by atoms with Crippen molar-refractivity contribution in [2.75, 3.05) is 6.61 Å². The number of aryl methyl sites for hydroxylation is 1. The highest BCUT2D eigenvalue weighted by Crippen LogP contribution is 2.17. The van der Waals surface area contributed by atoms with Crippen LogP contribution in [-0.4, -0.2) is 12.6 Å². The van der Waals surface area contributed by atoms with E-state index in [9.17, 15) is 4.79 Å². The third-order valence-corrected chi connectivity index (χ3v) is 2.97. The van der Waals surface area contributed by atoms with E-state index in [1.165, 1.54) is 0 Å². The number of halogens is 1. The fraction of sp³-hybridized carbons (Fsp3) is 0.385. The Bertz CT molecular complexity index is 438. The van der Waals surface area contributed by atoms with E-state index in [1.807, 2.05) is 12.1 Å². The number of carbonyl (C=O) groups excluding carboxylic acids is 1. The van der Waals surface area contributed by atoms with Gasteiger partial charge in [0.1, 0.15) is 0 Å². The number of benzene rings is 1. The van der Waals surface area contributed by atoms with E-state index in [2.05, 4.69) is 22.0 Å². The van der Waals surface area contributed by atoms with E-state index in [4.69, 9.17) is 10.00 Å². The van der Waals surface area contributed by atoms with Crippen molar-refractivity contribution in [2.24, 2.45) is 0 Å². The molecule has 0 unspecified atom stereocenters. The van der Waals surface area contributed by atoms with Gasteiger partial charge in [-0.3, -0.25) is 0 Å². The number of rotatable bonds is 5. The zero-order valence-electron chi connectivity index (χ0n) is 9.70. The van der Waals surface area contributed by atoms with Gasteiger partial charge in [0.2, 0.25) is 0 Å². The average molecular weight is 296 g/mol. The Hall–Kier alpha value is -1.34. The molecule has 0 fully saturated rings. The van der Waals surface area contributed by atoms with Gasteiger partial charge in [-0.1, -0.05) is 28.1 Å². The van der Waals surface area contributed by atoms with E-state index < -0.39 is 0 Å². The molecule has 0 radical (unpaired) electrons. The molecular formula is C13H14BrNO2. The number of hydrogen-bond donors (Lipinski definition) is 0. The van der Waals surface area contributed by atoms with Crippen molar-refractivity contribution < 1.29 is 9.53 Å². The highest BCUT2D eigenvalue weighted by atomic mass is 79.9. The van der Waals surface area contributed by atoms with Gasteiger partial charge in [0.25, 0.3) is 0 Å². The molecule has 3 nitrogen and oxygen atoms in total. The smallest absolute Gasteiger partial charge is 0.338 e. The number of nitriles is 1. The van der Waals surface area contributed by atoms with Crippen LogP contribution in [-0.2, 0) is 16.5 Å². The van der Waals surface area contributed by atoms with Crippen molar-refractivity contribution in [1.29, 1.82) is 5.26 Å². The van der Waals surface area contributed by atoms with Gasteiger partial charge >= 0.3 is 5.97 Å². The van der Waals surface area contributed by atoms with Crippen molar-refractivity contribution >= 4 is 21.9 Å². The predicted molar refractivity (Wildman–Crippen MR) is 69.0 cm³/mol. The summed E-state index contributed by atoms with van der Waals surface area (Å²) in [6.07, 6.45) is 0.976. The summed E-state index contributed by atoms with van der Waals surface area (Å²) in [4.78, 5) is 11.7. The van der Waals surface area contributed by atoms with Crippen LogP contribution in [0.3, 0.4) is 0 Å². The summed E-state index contributed by atoms with van der Waals surface area (Å²) >= 11 is 3.37. The molecule has 0 atom stereocenters. The van der Waals surface area contributed by atoms with Gasteiger partial charge in [-0.25, -0.2) is 4.79 Å². The molecule has 0 amide bonds. The molecule has 0 spiro atoms. The summed E-state index contributed by atoms with van der Waals surface area (Å²) < 4.78 is 4.99. The monoisotopic (exact) mass is 295 g/mol. The lowest BCUT2D eigenvalue weighted by Gasteiger charge is -2.09. The normalized spacial score (nSPS) is 9.71. The summed E-state index contributed by atoms with van der Waals surface area (Å²) in [5, 5.41) is 9.34. The van der Waals surface area contributed by atoms with Crippen LogP contribution >= 0.6 is 15.9 Å². The van der Waals surface area contributed by atoms with Crippen molar-refractivity contribution in [2.45, 2.75) is 25.1 Å². The number of hydrogen-bond acceptors (Lipinski definition) is 3. The Balaban J connectivity index is 3.02. The van der Waals surface area contributed by atoms with Gasteiger partial charge in [-0.15, -0.1) is 0 Å². The number of nitrogens with zero attached hydrogens (tertiary/aromatic N) is 1. The van der Waals surface area contributed by atoms with E-state index >= 15 is 0 Å². The van der Waals surface area contributed by atoms with E-state index in [-0.39, 0.29) is 5.97 Å². The lowest BCUT2D eigenvalue weighted by Crippen LogP contribution is -2.08. The summed E-state index contributed by atoms with van der Waals surface area (Å²) in [5.41, 5.74) is 2.53. The first kappa shape index (κ1) is 13.7. The Morgan fingerprint density at radius 2 is 2.29 bits per heavy atom. The molecule has 0 saturated heterocycles. The van der Waals surface area contributed by atoms with Crippen LogP contribution < -0.4 is 0 Å². The molecule has 17 heavy (non-hydrogen) atoms. The maximum Gasteiger partial charge on any atom is 0.338 e. The number of alkyl halides is 1. The van der Waals surface area contributed by atoms with E-state index in [1.54, 1.807) is 13.0 Å². The van der Waals surface area contributed by atoms with Crippen molar-refractivity contribution in [3.8, 4) is 6.07 Å². The highest BCUT2D eigenvalue weighted by molar-refractivity contribution is 9.08. The van der Waals surface area contributed by atoms with Crippen LogP contribution in [0.25, 0.3) is 0 Å². The number of ether oxygens (including phenoxy) is 1. The molecule has 0 heterocycles. The summed E-state index contributed by atoms with van der Waals surface area (Å²) in [7, 11) is 0. The van der Waals surface area contributed by atoms with Gasteiger partial charge in [0.05, 0.1) is 18.2 Å². The molecule has 0 aliphatic heterocycles. The predicted octanol–water partition coefficient (Wildman–Crippen LogP) is 3.21. The third kappa shape index (κ3) is 3.86. The first-order chi connectivity index (χ1) is 8.22. The fourth-order valence-corrected chi connectivity index (χ4v) is 1.88. The van der Waals surface area contributed by atoms with Crippen molar-refractivity contribution in [1.82, 2.24) is 0 Å². The fourth-order valence-electron chi connectivity index (χ4n) is 1.54. The minimum Gasteiger partial charge on any atom is -0.462 e. The van der Waals surface area contributed by atoms with Crippen molar-refractivity contribution in [3.05, 3.63) is 34.9 Å². The molecule has 1 rings (SSSR count). The molecule has 1 aromatic rings. The highest BCUT2D eigenvalue weighted by Gasteiger charge is 2.12. The zero-order chi connectivity index (χ0) is 12.7. The van der Waals surface area contributed by atoms with Crippen LogP contribution in [0.2, 0.25) is 0 Å². The maximum atomic E-state index is 11.7. The van der Waals surface area contributed by atoms with Crippen LogP contribution in [0.1, 0.15) is 34.8 Å². The molecule has 90 valence electrons. The molecule has 0 aliphatic carbocycles. The molecule has 1 aromatic carbocycles. The molecule has 0 saturated carbocycles. The molecular weight excluding hydrogens is 282 g/mol. The average Bonchev–Trinajstić information content (AvgIpc) is 2.36. The molecule has 0 bridgehead atoms. The number of carbonyl (C=O) groups is 1. The van der Waals surface area contributed by atoms with Gasteiger partial charge in [0.15, 0.2) is 0 Å². The lowest BCUT2D eigenvalue weighted by molar-refractivity contribution is 0.0525. The maximum absolute atomic E-state index is 11.7. The van der Waals surface area contributed by atoms with E-state index in [0.717, 1.165) is 16.5 Å². The second-order valence-corrected chi connectivity index (χ2v) is 4.06. The van der Waals surface area contributed by atoms with Gasteiger partial charge < -0.3 is 4.74 Å². The summed E-state index contributed by atoms with van der Waals surface area (Å²) in [6.45, 7) is 2.14. The Kier molecular flexibility index (Phi) is 5.71. The minimum absolute atomic E-state index is 0.318. The van der Waals surface area contributed by atoms with Gasteiger partial charge in [0, 0.05) is 11.8 Å². The zero-order valence-corrected chi connectivity index (χ0v) is 11.3. The Morgan fingerprint density at radius 3 is 2.88 bits per heavy atom. The topological polar surface area (TPSA) is 50.1 Å². The van der Waals surface area contributed by atoms with Crippen LogP contribution in [0.4, 0.5) is 0 Å². The van der Waals surface area contributed by atoms with Gasteiger partial charge in [-0.2, -0.15) is 5.26 Å². The van der Waals surface area contributed by atoms with Crippen LogP contribution in [0.15, 0.2) is 18.2 Å². The number of esters is 1. The molecule has 4 heteroatoms. The standard InChI is InChI=1S/C13H14BrNO2/c1-2-17-13(16)12-6-5-10(9-14)8-11(12)4-3-7-15/h5-6,8H,2-4,9H2,1H3. The second kappa shape index (κ2) is 7.08. The summed E-state index contributed by atoms with van der Waals surface area (Å²) in [6, 6.07) is 7.68. The Labute approximate surface area is 110 Å². The van der Waals surface area contributed by atoms with E-state index in [0.29, 0.717) is 25.0 Å². The minimum atomic E-state index is -0.318. The third-order valence-electron chi connectivity index (χ3n) is 2.33. The largest absolute Gasteiger partial charge is 0.462 e.